The molecular weight excluding hydrogens is 356 g/mol. The number of halogens is 1. The Hall–Kier alpha value is -2.56. The van der Waals surface area contributed by atoms with E-state index in [0.717, 1.165) is 64.4 Å². The first-order chi connectivity index (χ1) is 13.2. The molecule has 0 bridgehead atoms. The third kappa shape index (κ3) is 3.05. The molecule has 0 atom stereocenters. The third-order valence-corrected chi connectivity index (χ3v) is 5.65. The van der Waals surface area contributed by atoms with Gasteiger partial charge >= 0.3 is 0 Å². The predicted octanol–water partition coefficient (Wildman–Crippen LogP) is 4.79. The van der Waals surface area contributed by atoms with Crippen LogP contribution in [-0.4, -0.2) is 48.1 Å². The summed E-state index contributed by atoms with van der Waals surface area (Å²) in [5.74, 6) is 0. The Labute approximate surface area is 163 Å². The fourth-order valence-corrected chi connectivity index (χ4v) is 4.01. The van der Waals surface area contributed by atoms with E-state index in [9.17, 15) is 0 Å². The summed E-state index contributed by atoms with van der Waals surface area (Å²) in [7, 11) is 2.18. The summed E-state index contributed by atoms with van der Waals surface area (Å²) in [6, 6.07) is 18.7. The minimum atomic E-state index is 0.727. The van der Waals surface area contributed by atoms with Crippen LogP contribution in [0, 0.1) is 0 Å². The van der Waals surface area contributed by atoms with Gasteiger partial charge in [0.1, 0.15) is 0 Å². The molecule has 1 aliphatic heterocycles. The first kappa shape index (κ1) is 16.6. The van der Waals surface area contributed by atoms with Gasteiger partial charge in [0.2, 0.25) is 0 Å². The van der Waals surface area contributed by atoms with E-state index in [0.29, 0.717) is 0 Å². The van der Waals surface area contributed by atoms with E-state index in [1.54, 1.807) is 0 Å². The molecule has 1 fully saturated rings. The van der Waals surface area contributed by atoms with Crippen molar-refractivity contribution in [3.8, 4) is 11.3 Å². The summed E-state index contributed by atoms with van der Waals surface area (Å²) >= 11 is 6.15. The van der Waals surface area contributed by atoms with Crippen molar-refractivity contribution in [1.82, 2.24) is 14.9 Å². The van der Waals surface area contributed by atoms with Gasteiger partial charge in [-0.25, -0.2) is 4.98 Å². The molecule has 4 nitrogen and oxygen atoms in total. The molecule has 136 valence electrons. The number of hydrogen-bond acceptors (Lipinski definition) is 3. The second-order valence-corrected chi connectivity index (χ2v) is 7.68. The Kier molecular flexibility index (Phi) is 4.03. The van der Waals surface area contributed by atoms with Gasteiger partial charge in [0.05, 0.1) is 22.2 Å². The second kappa shape index (κ2) is 6.55. The van der Waals surface area contributed by atoms with Gasteiger partial charge in [0.25, 0.3) is 0 Å². The molecule has 5 heteroatoms. The molecule has 1 aliphatic rings. The zero-order valence-corrected chi connectivity index (χ0v) is 16.0. The topological polar surface area (TPSA) is 35.2 Å². The minimum absolute atomic E-state index is 0.727. The standard InChI is InChI=1S/C22H21ClN4/c1-26-9-11-27(12-10-26)17-5-6-18-21(14-17)24-20-8-7-19(25-22(18)20)15-3-2-4-16(23)13-15/h2-8,13-14,24H,9-12H2,1H3. The number of hydrogen-bond donors (Lipinski definition) is 1. The maximum absolute atomic E-state index is 6.15. The van der Waals surface area contributed by atoms with Crippen LogP contribution in [-0.2, 0) is 0 Å². The molecule has 0 spiro atoms. The summed E-state index contributed by atoms with van der Waals surface area (Å²) in [5.41, 5.74) is 6.45. The quantitative estimate of drug-likeness (QED) is 0.546. The first-order valence-electron chi connectivity index (χ1n) is 9.29. The minimum Gasteiger partial charge on any atom is -0.369 e. The summed E-state index contributed by atoms with van der Waals surface area (Å²) in [4.78, 5) is 13.3. The number of H-pyrrole nitrogens is 1. The van der Waals surface area contributed by atoms with Crippen molar-refractivity contribution in [3.05, 3.63) is 59.6 Å². The van der Waals surface area contributed by atoms with Crippen molar-refractivity contribution in [3.63, 3.8) is 0 Å². The Morgan fingerprint density at radius 3 is 2.59 bits per heavy atom. The van der Waals surface area contributed by atoms with Crippen molar-refractivity contribution in [2.45, 2.75) is 0 Å². The van der Waals surface area contributed by atoms with Crippen molar-refractivity contribution >= 4 is 39.2 Å². The van der Waals surface area contributed by atoms with Gasteiger partial charge in [-0.05, 0) is 49.5 Å². The smallest absolute Gasteiger partial charge is 0.0965 e. The van der Waals surface area contributed by atoms with Gasteiger partial charge in [0, 0.05) is 47.8 Å². The van der Waals surface area contributed by atoms with Crippen LogP contribution in [0.3, 0.4) is 0 Å². The Morgan fingerprint density at radius 2 is 1.78 bits per heavy atom. The van der Waals surface area contributed by atoms with Gasteiger partial charge in [-0.1, -0.05) is 23.7 Å². The van der Waals surface area contributed by atoms with Gasteiger partial charge in [-0.15, -0.1) is 0 Å². The van der Waals surface area contributed by atoms with E-state index in [4.69, 9.17) is 16.6 Å². The lowest BCUT2D eigenvalue weighted by Crippen LogP contribution is -2.44. The zero-order valence-electron chi connectivity index (χ0n) is 15.2. The second-order valence-electron chi connectivity index (χ2n) is 7.25. The molecule has 27 heavy (non-hydrogen) atoms. The maximum Gasteiger partial charge on any atom is 0.0965 e. The average Bonchev–Trinajstić information content (AvgIpc) is 3.05. The number of nitrogens with one attached hydrogen (secondary N) is 1. The summed E-state index contributed by atoms with van der Waals surface area (Å²) in [6.45, 7) is 4.35. The van der Waals surface area contributed by atoms with Crippen molar-refractivity contribution in [1.29, 1.82) is 0 Å². The highest BCUT2D eigenvalue weighted by Crippen LogP contribution is 2.30. The van der Waals surface area contributed by atoms with Crippen LogP contribution in [0.25, 0.3) is 33.2 Å². The Bertz CT molecular complexity index is 1130. The van der Waals surface area contributed by atoms with Crippen LogP contribution in [0.2, 0.25) is 5.02 Å². The van der Waals surface area contributed by atoms with E-state index < -0.39 is 0 Å². The molecule has 3 heterocycles. The van der Waals surface area contributed by atoms with E-state index in [-0.39, 0.29) is 0 Å². The highest BCUT2D eigenvalue weighted by Gasteiger charge is 2.16. The SMILES string of the molecule is CN1CCN(c2ccc3c(c2)[nH]c2ccc(-c4cccc(Cl)c4)nc23)CC1. The number of piperazine rings is 1. The van der Waals surface area contributed by atoms with Crippen LogP contribution < -0.4 is 4.90 Å². The molecule has 2 aromatic carbocycles. The Morgan fingerprint density at radius 1 is 0.926 bits per heavy atom. The van der Waals surface area contributed by atoms with Crippen LogP contribution in [0.15, 0.2) is 54.6 Å². The van der Waals surface area contributed by atoms with Gasteiger partial charge < -0.3 is 14.8 Å². The molecule has 4 aromatic rings. The van der Waals surface area contributed by atoms with Crippen LogP contribution >= 0.6 is 11.6 Å². The molecular formula is C22H21ClN4. The Balaban J connectivity index is 1.56. The summed E-state index contributed by atoms with van der Waals surface area (Å²) < 4.78 is 0. The molecule has 2 aromatic heterocycles. The molecule has 0 radical (unpaired) electrons. The first-order valence-corrected chi connectivity index (χ1v) is 9.67. The number of rotatable bonds is 2. The van der Waals surface area contributed by atoms with Crippen LogP contribution in [0.4, 0.5) is 5.69 Å². The molecule has 1 N–H and O–H groups in total. The van der Waals surface area contributed by atoms with Gasteiger partial charge in [0.15, 0.2) is 0 Å². The summed E-state index contributed by atoms with van der Waals surface area (Å²) in [5, 5.41) is 1.89. The fraction of sp³-hybridized carbons (Fsp3) is 0.227. The molecule has 5 rings (SSSR count). The number of aromatic nitrogens is 2. The predicted molar refractivity (Wildman–Crippen MR) is 114 cm³/mol. The molecule has 1 saturated heterocycles. The monoisotopic (exact) mass is 376 g/mol. The molecule has 0 saturated carbocycles. The number of anilines is 1. The fourth-order valence-electron chi connectivity index (χ4n) is 3.82. The average molecular weight is 377 g/mol. The number of pyridine rings is 1. The normalized spacial score (nSPS) is 15.7. The number of aromatic amines is 1. The van der Waals surface area contributed by atoms with Crippen LogP contribution in [0.1, 0.15) is 0 Å². The van der Waals surface area contributed by atoms with Crippen molar-refractivity contribution < 1.29 is 0 Å². The number of likely N-dealkylation sites (N-methyl/N-ethyl adjacent to an activating group) is 1. The van der Waals surface area contributed by atoms with E-state index in [1.165, 1.54) is 5.69 Å². The van der Waals surface area contributed by atoms with Gasteiger partial charge in [-0.3, -0.25) is 0 Å². The number of fused-ring (bicyclic) bond motifs is 3. The molecule has 0 amide bonds. The van der Waals surface area contributed by atoms with Crippen molar-refractivity contribution in [2.24, 2.45) is 0 Å². The lowest BCUT2D eigenvalue weighted by Gasteiger charge is -2.34. The van der Waals surface area contributed by atoms with Crippen LogP contribution in [0.5, 0.6) is 0 Å². The van der Waals surface area contributed by atoms with E-state index >= 15 is 0 Å². The zero-order chi connectivity index (χ0) is 18.4. The maximum atomic E-state index is 6.15. The highest BCUT2D eigenvalue weighted by atomic mass is 35.5. The molecule has 0 unspecified atom stereocenters. The van der Waals surface area contributed by atoms with Gasteiger partial charge in [-0.2, -0.15) is 0 Å². The van der Waals surface area contributed by atoms with E-state index in [1.807, 2.05) is 30.3 Å². The molecule has 0 aliphatic carbocycles. The summed E-state index contributed by atoms with van der Waals surface area (Å²) in [6.07, 6.45) is 0. The lowest BCUT2D eigenvalue weighted by molar-refractivity contribution is 0.313. The van der Waals surface area contributed by atoms with E-state index in [2.05, 4.69) is 46.1 Å². The number of benzene rings is 2. The largest absolute Gasteiger partial charge is 0.369 e. The highest BCUT2D eigenvalue weighted by molar-refractivity contribution is 6.30. The third-order valence-electron chi connectivity index (χ3n) is 5.41. The van der Waals surface area contributed by atoms with Crippen molar-refractivity contribution in [2.75, 3.05) is 38.1 Å². The number of nitrogens with zero attached hydrogens (tertiary/aromatic N) is 3. The lowest BCUT2D eigenvalue weighted by atomic mass is 10.1.